The first-order chi connectivity index (χ1) is 8.24. The standard InChI is InChI=1S/C11H14N4OS/c1-17-8-11(16)14-3-2-4-15-10(7-14)5-9(6-12)13-15/h5H,2-4,7-8H2,1H3. The lowest BCUT2D eigenvalue weighted by Gasteiger charge is -2.19. The number of amides is 1. The normalized spacial score (nSPS) is 14.9. The zero-order chi connectivity index (χ0) is 12.3. The minimum absolute atomic E-state index is 0.158. The molecule has 0 unspecified atom stereocenters. The molecule has 0 bridgehead atoms. The third-order valence-corrected chi connectivity index (χ3v) is 3.28. The number of hydrogen-bond acceptors (Lipinski definition) is 4. The van der Waals surface area contributed by atoms with Crippen LogP contribution in [0.3, 0.4) is 0 Å². The second-order valence-corrected chi connectivity index (χ2v) is 4.82. The topological polar surface area (TPSA) is 61.9 Å². The van der Waals surface area contributed by atoms with Gasteiger partial charge < -0.3 is 4.90 Å². The molecule has 0 fully saturated rings. The Labute approximate surface area is 104 Å². The fraction of sp³-hybridized carbons (Fsp3) is 0.545. The van der Waals surface area contributed by atoms with Crippen molar-refractivity contribution in [3.63, 3.8) is 0 Å². The number of carbonyl (C=O) groups excluding carboxylic acids is 1. The van der Waals surface area contributed by atoms with Gasteiger partial charge in [-0.05, 0) is 18.7 Å². The molecule has 0 saturated carbocycles. The van der Waals surface area contributed by atoms with Crippen molar-refractivity contribution in [1.82, 2.24) is 14.7 Å². The molecule has 0 spiro atoms. The fourth-order valence-corrected chi connectivity index (χ4v) is 2.37. The predicted molar refractivity (Wildman–Crippen MR) is 65.4 cm³/mol. The Bertz CT molecular complexity index is 463. The van der Waals surface area contributed by atoms with Crippen LogP contribution in [0.5, 0.6) is 0 Å². The summed E-state index contributed by atoms with van der Waals surface area (Å²) < 4.78 is 1.84. The number of nitriles is 1. The highest BCUT2D eigenvalue weighted by Crippen LogP contribution is 2.14. The molecule has 0 aromatic carbocycles. The molecular formula is C11H14N4OS. The number of nitrogens with zero attached hydrogens (tertiary/aromatic N) is 4. The Morgan fingerprint density at radius 1 is 1.65 bits per heavy atom. The highest BCUT2D eigenvalue weighted by Gasteiger charge is 2.19. The van der Waals surface area contributed by atoms with Crippen LogP contribution in [0, 0.1) is 11.3 Å². The molecule has 5 nitrogen and oxygen atoms in total. The van der Waals surface area contributed by atoms with Gasteiger partial charge in [0.25, 0.3) is 0 Å². The van der Waals surface area contributed by atoms with E-state index in [2.05, 4.69) is 5.10 Å². The highest BCUT2D eigenvalue weighted by atomic mass is 32.2. The second kappa shape index (κ2) is 5.23. The first-order valence-electron chi connectivity index (χ1n) is 5.48. The van der Waals surface area contributed by atoms with Crippen LogP contribution < -0.4 is 0 Å². The lowest BCUT2D eigenvalue weighted by molar-refractivity contribution is -0.128. The summed E-state index contributed by atoms with van der Waals surface area (Å²) in [5, 5.41) is 13.0. The second-order valence-electron chi connectivity index (χ2n) is 3.96. The molecule has 90 valence electrons. The molecule has 0 radical (unpaired) electrons. The van der Waals surface area contributed by atoms with Crippen molar-refractivity contribution in [3.05, 3.63) is 17.5 Å². The summed E-state index contributed by atoms with van der Waals surface area (Å²) in [6, 6.07) is 3.80. The van der Waals surface area contributed by atoms with Crippen molar-refractivity contribution in [2.24, 2.45) is 0 Å². The van der Waals surface area contributed by atoms with E-state index in [0.717, 1.165) is 25.2 Å². The molecule has 0 aliphatic carbocycles. The Hall–Kier alpha value is -1.48. The minimum Gasteiger partial charge on any atom is -0.336 e. The van der Waals surface area contributed by atoms with Gasteiger partial charge in [-0.25, -0.2) is 0 Å². The molecule has 1 aromatic rings. The van der Waals surface area contributed by atoms with Crippen LogP contribution in [0.4, 0.5) is 0 Å². The number of aryl methyl sites for hydroxylation is 1. The maximum atomic E-state index is 11.8. The van der Waals surface area contributed by atoms with Gasteiger partial charge in [-0.3, -0.25) is 9.48 Å². The molecule has 0 N–H and O–H groups in total. The van der Waals surface area contributed by atoms with Crippen molar-refractivity contribution < 1.29 is 4.79 Å². The van der Waals surface area contributed by atoms with E-state index in [9.17, 15) is 4.79 Å². The largest absolute Gasteiger partial charge is 0.336 e. The lowest BCUT2D eigenvalue weighted by atomic mass is 10.3. The Balaban J connectivity index is 2.16. The van der Waals surface area contributed by atoms with Crippen molar-refractivity contribution in [3.8, 4) is 6.07 Å². The Morgan fingerprint density at radius 3 is 3.18 bits per heavy atom. The van der Waals surface area contributed by atoms with Gasteiger partial charge in [0.1, 0.15) is 6.07 Å². The summed E-state index contributed by atoms with van der Waals surface area (Å²) >= 11 is 1.54. The first-order valence-corrected chi connectivity index (χ1v) is 6.87. The van der Waals surface area contributed by atoms with Gasteiger partial charge in [-0.2, -0.15) is 22.1 Å². The number of carbonyl (C=O) groups is 1. The van der Waals surface area contributed by atoms with Gasteiger partial charge in [-0.1, -0.05) is 0 Å². The van der Waals surface area contributed by atoms with Gasteiger partial charge in [0, 0.05) is 13.1 Å². The first kappa shape index (κ1) is 12.0. The van der Waals surface area contributed by atoms with Gasteiger partial charge in [0.15, 0.2) is 5.69 Å². The van der Waals surface area contributed by atoms with E-state index >= 15 is 0 Å². The number of fused-ring (bicyclic) bond motifs is 1. The van der Waals surface area contributed by atoms with Crippen LogP contribution in [0.2, 0.25) is 0 Å². The van der Waals surface area contributed by atoms with E-state index in [1.165, 1.54) is 11.8 Å². The minimum atomic E-state index is 0.158. The highest BCUT2D eigenvalue weighted by molar-refractivity contribution is 7.99. The molecular weight excluding hydrogens is 236 g/mol. The van der Waals surface area contributed by atoms with Gasteiger partial charge >= 0.3 is 0 Å². The predicted octanol–water partition coefficient (Wildman–Crippen LogP) is 0.850. The molecule has 1 aromatic heterocycles. The maximum Gasteiger partial charge on any atom is 0.232 e. The third kappa shape index (κ3) is 2.61. The van der Waals surface area contributed by atoms with Crippen LogP contribution in [0.25, 0.3) is 0 Å². The van der Waals surface area contributed by atoms with E-state index in [0.29, 0.717) is 18.0 Å². The number of rotatable bonds is 2. The summed E-state index contributed by atoms with van der Waals surface area (Å²) in [4.78, 5) is 13.7. The Morgan fingerprint density at radius 2 is 2.47 bits per heavy atom. The average Bonchev–Trinajstić information content (AvgIpc) is 2.61. The SMILES string of the molecule is CSCC(=O)N1CCCn2nc(C#N)cc2C1. The molecule has 1 aliphatic heterocycles. The summed E-state index contributed by atoms with van der Waals surface area (Å²) in [6.07, 6.45) is 2.81. The van der Waals surface area contributed by atoms with Crippen LogP contribution in [-0.4, -0.2) is 39.1 Å². The monoisotopic (exact) mass is 250 g/mol. The number of aromatic nitrogens is 2. The number of thioether (sulfide) groups is 1. The summed E-state index contributed by atoms with van der Waals surface area (Å²) in [5.41, 5.74) is 1.38. The smallest absolute Gasteiger partial charge is 0.232 e. The zero-order valence-corrected chi connectivity index (χ0v) is 10.5. The van der Waals surface area contributed by atoms with Gasteiger partial charge in [-0.15, -0.1) is 0 Å². The summed E-state index contributed by atoms with van der Waals surface area (Å²) in [7, 11) is 0. The molecule has 6 heteroatoms. The average molecular weight is 250 g/mol. The summed E-state index contributed by atoms with van der Waals surface area (Å²) in [5.74, 6) is 0.671. The molecule has 0 atom stereocenters. The molecule has 17 heavy (non-hydrogen) atoms. The molecule has 1 aliphatic rings. The van der Waals surface area contributed by atoms with E-state index in [-0.39, 0.29) is 5.91 Å². The van der Waals surface area contributed by atoms with E-state index in [4.69, 9.17) is 5.26 Å². The van der Waals surface area contributed by atoms with Gasteiger partial charge in [0.2, 0.25) is 5.91 Å². The van der Waals surface area contributed by atoms with Crippen LogP contribution in [0.1, 0.15) is 17.8 Å². The van der Waals surface area contributed by atoms with E-state index < -0.39 is 0 Å². The summed E-state index contributed by atoms with van der Waals surface area (Å²) in [6.45, 7) is 2.11. The van der Waals surface area contributed by atoms with Crippen LogP contribution in [0.15, 0.2) is 6.07 Å². The number of hydrogen-bond donors (Lipinski definition) is 0. The molecule has 2 rings (SSSR count). The van der Waals surface area contributed by atoms with Crippen LogP contribution >= 0.6 is 11.8 Å². The maximum absolute atomic E-state index is 11.8. The van der Waals surface area contributed by atoms with Crippen molar-refractivity contribution >= 4 is 17.7 Å². The third-order valence-electron chi connectivity index (χ3n) is 2.75. The fourth-order valence-electron chi connectivity index (χ4n) is 1.94. The van der Waals surface area contributed by atoms with Gasteiger partial charge in [0.05, 0.1) is 18.0 Å². The Kier molecular flexibility index (Phi) is 3.69. The van der Waals surface area contributed by atoms with Crippen molar-refractivity contribution in [2.75, 3.05) is 18.6 Å². The molecule has 0 saturated heterocycles. The quantitative estimate of drug-likeness (QED) is 0.780. The van der Waals surface area contributed by atoms with Crippen molar-refractivity contribution in [1.29, 1.82) is 5.26 Å². The van der Waals surface area contributed by atoms with E-state index in [1.807, 2.05) is 21.9 Å². The molecule has 2 heterocycles. The zero-order valence-electron chi connectivity index (χ0n) is 9.72. The van der Waals surface area contributed by atoms with E-state index in [1.54, 1.807) is 6.07 Å². The van der Waals surface area contributed by atoms with Crippen LogP contribution in [-0.2, 0) is 17.9 Å². The van der Waals surface area contributed by atoms with Crippen molar-refractivity contribution in [2.45, 2.75) is 19.5 Å². The molecule has 1 amide bonds. The lowest BCUT2D eigenvalue weighted by Crippen LogP contribution is -2.32.